The zero-order valence-corrected chi connectivity index (χ0v) is 10.7. The van der Waals surface area contributed by atoms with Crippen LogP contribution in [0, 0.1) is 11.8 Å². The molecule has 1 aromatic rings. The van der Waals surface area contributed by atoms with Gasteiger partial charge in [-0.2, -0.15) is 0 Å². The number of carbonyl (C=O) groups excluding carboxylic acids is 1. The van der Waals surface area contributed by atoms with Gasteiger partial charge in [0.1, 0.15) is 0 Å². The molecule has 4 nitrogen and oxygen atoms in total. The van der Waals surface area contributed by atoms with Crippen molar-refractivity contribution in [3.05, 3.63) is 11.1 Å². The first kappa shape index (κ1) is 11.2. The van der Waals surface area contributed by atoms with E-state index in [0.717, 1.165) is 23.9 Å². The van der Waals surface area contributed by atoms with Gasteiger partial charge in [-0.3, -0.25) is 4.79 Å². The molecule has 0 radical (unpaired) electrons. The number of amides is 1. The summed E-state index contributed by atoms with van der Waals surface area (Å²) in [6.45, 7) is 3.91. The number of hydrogen-bond donors (Lipinski definition) is 2. The molecule has 1 aromatic heterocycles. The minimum Gasteiger partial charge on any atom is -0.316 e. The molecule has 0 bridgehead atoms. The number of nitrogens with one attached hydrogen (secondary N) is 2. The minimum absolute atomic E-state index is 0.0736. The first-order chi connectivity index (χ1) is 8.24. The van der Waals surface area contributed by atoms with Gasteiger partial charge in [-0.15, -0.1) is 11.3 Å². The summed E-state index contributed by atoms with van der Waals surface area (Å²) in [5.74, 6) is 1.32. The van der Waals surface area contributed by atoms with Gasteiger partial charge in [0.05, 0.1) is 5.69 Å². The van der Waals surface area contributed by atoms with Crippen LogP contribution in [0.1, 0.15) is 31.4 Å². The Labute approximate surface area is 105 Å². The van der Waals surface area contributed by atoms with E-state index in [9.17, 15) is 4.79 Å². The summed E-state index contributed by atoms with van der Waals surface area (Å²) >= 11 is 1.54. The number of hydrogen-bond acceptors (Lipinski definition) is 4. The van der Waals surface area contributed by atoms with Crippen molar-refractivity contribution in [2.45, 2.75) is 25.7 Å². The zero-order chi connectivity index (χ0) is 11.8. The van der Waals surface area contributed by atoms with Gasteiger partial charge >= 0.3 is 0 Å². The van der Waals surface area contributed by atoms with Gasteiger partial charge in [-0.1, -0.05) is 6.92 Å². The molecule has 1 saturated heterocycles. The molecule has 1 amide bonds. The molecule has 17 heavy (non-hydrogen) atoms. The lowest BCUT2D eigenvalue weighted by molar-refractivity contribution is -0.121. The highest BCUT2D eigenvalue weighted by molar-refractivity contribution is 7.13. The highest BCUT2D eigenvalue weighted by Crippen LogP contribution is 2.40. The molecule has 2 fully saturated rings. The molecule has 92 valence electrons. The van der Waals surface area contributed by atoms with Crippen LogP contribution in [-0.4, -0.2) is 24.0 Å². The Morgan fingerprint density at radius 2 is 2.35 bits per heavy atom. The second kappa shape index (κ2) is 4.38. The van der Waals surface area contributed by atoms with Crippen molar-refractivity contribution in [2.24, 2.45) is 11.8 Å². The molecule has 2 N–H and O–H groups in total. The second-order valence-electron chi connectivity index (χ2n) is 5.05. The van der Waals surface area contributed by atoms with Crippen molar-refractivity contribution in [1.82, 2.24) is 10.3 Å². The number of aromatic nitrogens is 1. The second-order valence-corrected chi connectivity index (χ2v) is 5.91. The van der Waals surface area contributed by atoms with E-state index in [1.807, 2.05) is 6.92 Å². The van der Waals surface area contributed by atoms with Gasteiger partial charge in [0.15, 0.2) is 5.13 Å². The number of carbonyl (C=O) groups is 1. The standard InChI is InChI=1S/C12H17N3OS/c1-7(9-4-13-5-9)11(16)15-12-14-10(6-17-12)8-2-3-8/h6-9,13H,2-5H2,1H3,(H,14,15,16). The maximum Gasteiger partial charge on any atom is 0.229 e. The van der Waals surface area contributed by atoms with Crippen molar-refractivity contribution in [3.63, 3.8) is 0 Å². The molecule has 1 atom stereocenters. The van der Waals surface area contributed by atoms with Crippen LogP contribution in [-0.2, 0) is 4.79 Å². The van der Waals surface area contributed by atoms with Crippen molar-refractivity contribution in [1.29, 1.82) is 0 Å². The van der Waals surface area contributed by atoms with Gasteiger partial charge < -0.3 is 10.6 Å². The Bertz CT molecular complexity index is 423. The van der Waals surface area contributed by atoms with Crippen molar-refractivity contribution in [2.75, 3.05) is 18.4 Å². The molecule has 0 spiro atoms. The van der Waals surface area contributed by atoms with E-state index < -0.39 is 0 Å². The van der Waals surface area contributed by atoms with Crippen LogP contribution in [0.2, 0.25) is 0 Å². The van der Waals surface area contributed by atoms with Crippen molar-refractivity contribution >= 4 is 22.4 Å². The number of anilines is 1. The molecule has 5 heteroatoms. The predicted octanol–water partition coefficient (Wildman–Crippen LogP) is 1.81. The fourth-order valence-electron chi connectivity index (χ4n) is 2.01. The molecule has 1 saturated carbocycles. The average molecular weight is 251 g/mol. The third-order valence-electron chi connectivity index (χ3n) is 3.68. The Hall–Kier alpha value is -0.940. The maximum absolute atomic E-state index is 12.0. The van der Waals surface area contributed by atoms with Crippen LogP contribution in [0.15, 0.2) is 5.38 Å². The molecule has 0 aromatic carbocycles. The van der Waals surface area contributed by atoms with E-state index in [2.05, 4.69) is 21.0 Å². The minimum atomic E-state index is 0.0736. The number of rotatable bonds is 4. The normalized spacial score (nSPS) is 21.9. The molecular weight excluding hydrogens is 234 g/mol. The molecule has 3 rings (SSSR count). The summed E-state index contributed by atoms with van der Waals surface area (Å²) in [5, 5.41) is 8.96. The van der Waals surface area contributed by atoms with E-state index in [1.165, 1.54) is 12.8 Å². The maximum atomic E-state index is 12.0. The molecular formula is C12H17N3OS. The van der Waals surface area contributed by atoms with Crippen LogP contribution in [0.3, 0.4) is 0 Å². The molecule has 2 aliphatic rings. The first-order valence-corrected chi connectivity index (χ1v) is 7.09. The monoisotopic (exact) mass is 251 g/mol. The zero-order valence-electron chi connectivity index (χ0n) is 9.90. The van der Waals surface area contributed by atoms with Crippen molar-refractivity contribution in [3.8, 4) is 0 Å². The SMILES string of the molecule is CC(C(=O)Nc1nc(C2CC2)cs1)C1CNC1. The Morgan fingerprint density at radius 3 is 2.94 bits per heavy atom. The Kier molecular flexibility index (Phi) is 2.88. The highest BCUT2D eigenvalue weighted by atomic mass is 32.1. The quantitative estimate of drug-likeness (QED) is 0.858. The summed E-state index contributed by atoms with van der Waals surface area (Å²) in [5.41, 5.74) is 1.16. The molecule has 1 aliphatic carbocycles. The van der Waals surface area contributed by atoms with Gasteiger partial charge in [0.25, 0.3) is 0 Å². The van der Waals surface area contributed by atoms with E-state index in [-0.39, 0.29) is 11.8 Å². The van der Waals surface area contributed by atoms with E-state index in [0.29, 0.717) is 11.8 Å². The van der Waals surface area contributed by atoms with Crippen LogP contribution in [0.5, 0.6) is 0 Å². The lowest BCUT2D eigenvalue weighted by atomic mass is 9.88. The first-order valence-electron chi connectivity index (χ1n) is 6.21. The summed E-state index contributed by atoms with van der Waals surface area (Å²) in [7, 11) is 0. The molecule has 2 heterocycles. The fourth-order valence-corrected chi connectivity index (χ4v) is 2.80. The highest BCUT2D eigenvalue weighted by Gasteiger charge is 2.30. The Balaban J connectivity index is 1.58. The average Bonchev–Trinajstić information content (AvgIpc) is 2.98. The van der Waals surface area contributed by atoms with Gasteiger partial charge in [-0.05, 0) is 31.8 Å². The summed E-state index contributed by atoms with van der Waals surface area (Å²) in [6.07, 6.45) is 2.50. The van der Waals surface area contributed by atoms with E-state index in [1.54, 1.807) is 11.3 Å². The third kappa shape index (κ3) is 2.35. The summed E-state index contributed by atoms with van der Waals surface area (Å²) in [6, 6.07) is 0. The third-order valence-corrected chi connectivity index (χ3v) is 4.46. The van der Waals surface area contributed by atoms with Gasteiger partial charge in [0, 0.05) is 17.2 Å². The van der Waals surface area contributed by atoms with E-state index >= 15 is 0 Å². The Morgan fingerprint density at radius 1 is 1.59 bits per heavy atom. The lowest BCUT2D eigenvalue weighted by Gasteiger charge is -2.31. The van der Waals surface area contributed by atoms with Gasteiger partial charge in [-0.25, -0.2) is 4.98 Å². The topological polar surface area (TPSA) is 54.0 Å². The van der Waals surface area contributed by atoms with Crippen LogP contribution < -0.4 is 10.6 Å². The number of thiazole rings is 1. The van der Waals surface area contributed by atoms with Gasteiger partial charge in [0.2, 0.25) is 5.91 Å². The smallest absolute Gasteiger partial charge is 0.229 e. The van der Waals surface area contributed by atoms with Crippen LogP contribution in [0.4, 0.5) is 5.13 Å². The molecule has 1 aliphatic heterocycles. The summed E-state index contributed by atoms with van der Waals surface area (Å²) < 4.78 is 0. The fraction of sp³-hybridized carbons (Fsp3) is 0.667. The van der Waals surface area contributed by atoms with Crippen LogP contribution >= 0.6 is 11.3 Å². The summed E-state index contributed by atoms with van der Waals surface area (Å²) in [4.78, 5) is 16.4. The largest absolute Gasteiger partial charge is 0.316 e. The predicted molar refractivity (Wildman–Crippen MR) is 68.2 cm³/mol. The molecule has 1 unspecified atom stereocenters. The van der Waals surface area contributed by atoms with Crippen LogP contribution in [0.25, 0.3) is 0 Å². The number of nitrogens with zero attached hydrogens (tertiary/aromatic N) is 1. The van der Waals surface area contributed by atoms with E-state index in [4.69, 9.17) is 0 Å². The lowest BCUT2D eigenvalue weighted by Crippen LogP contribution is -2.48. The van der Waals surface area contributed by atoms with Crippen molar-refractivity contribution < 1.29 is 4.79 Å².